The summed E-state index contributed by atoms with van der Waals surface area (Å²) in [4.78, 5) is 26.1. The van der Waals surface area contributed by atoms with Crippen molar-refractivity contribution in [2.45, 2.75) is 64.7 Å². The van der Waals surface area contributed by atoms with Crippen LogP contribution >= 0.6 is 11.3 Å². The molecule has 2 N–H and O–H groups in total. The average molecular weight is 502 g/mol. The Balaban J connectivity index is 0.000000330. The molecule has 6 nitrogen and oxygen atoms in total. The molecule has 4 heterocycles. The summed E-state index contributed by atoms with van der Waals surface area (Å²) in [6.07, 6.45) is 15.9. The van der Waals surface area contributed by atoms with Crippen LogP contribution in [0.4, 0.5) is 11.4 Å². The number of carbonyl (C=O) groups excluding carboxylic acids is 1. The lowest BCUT2D eigenvalue weighted by molar-refractivity contribution is -0.130. The van der Waals surface area contributed by atoms with Crippen molar-refractivity contribution in [2.75, 3.05) is 18.4 Å². The van der Waals surface area contributed by atoms with E-state index in [-0.39, 0.29) is 5.91 Å². The lowest BCUT2D eigenvalue weighted by Gasteiger charge is -2.25. The Morgan fingerprint density at radius 3 is 2.53 bits per heavy atom. The van der Waals surface area contributed by atoms with E-state index in [0.717, 1.165) is 51.3 Å². The van der Waals surface area contributed by atoms with Gasteiger partial charge in [-0.3, -0.25) is 4.79 Å². The molecule has 0 atom stereocenters. The molecule has 2 aliphatic rings. The van der Waals surface area contributed by atoms with Crippen LogP contribution in [0.2, 0.25) is 0 Å². The van der Waals surface area contributed by atoms with E-state index in [2.05, 4.69) is 38.5 Å². The molecule has 1 aliphatic heterocycles. The molecule has 0 bridgehead atoms. The second-order valence-corrected chi connectivity index (χ2v) is 10.5. The van der Waals surface area contributed by atoms with Gasteiger partial charge >= 0.3 is 0 Å². The van der Waals surface area contributed by atoms with E-state index < -0.39 is 0 Å². The van der Waals surface area contributed by atoms with E-state index in [1.807, 2.05) is 41.7 Å². The van der Waals surface area contributed by atoms with Gasteiger partial charge in [-0.05, 0) is 42.3 Å². The topological polar surface area (TPSA) is 73.9 Å². The Hall–Kier alpha value is -3.19. The number of anilines is 2. The van der Waals surface area contributed by atoms with E-state index in [1.165, 1.54) is 50.5 Å². The summed E-state index contributed by atoms with van der Waals surface area (Å²) in [6, 6.07) is 10.3. The Bertz CT molecular complexity index is 1330. The third-order valence-electron chi connectivity index (χ3n) is 7.10. The van der Waals surface area contributed by atoms with Gasteiger partial charge in [0.25, 0.3) is 0 Å². The summed E-state index contributed by atoms with van der Waals surface area (Å²) in [6.45, 7) is 3.35. The maximum absolute atomic E-state index is 11.9. The van der Waals surface area contributed by atoms with E-state index in [1.54, 1.807) is 11.3 Å². The Morgan fingerprint density at radius 2 is 1.83 bits per heavy atom. The van der Waals surface area contributed by atoms with E-state index >= 15 is 0 Å². The quantitative estimate of drug-likeness (QED) is 0.281. The van der Waals surface area contributed by atoms with Crippen LogP contribution in [-0.4, -0.2) is 38.8 Å². The number of hydrogen-bond acceptors (Lipinski definition) is 5. The van der Waals surface area contributed by atoms with Gasteiger partial charge < -0.3 is 15.2 Å². The number of H-pyrrole nitrogens is 1. The monoisotopic (exact) mass is 501 g/mol. The first-order valence-electron chi connectivity index (χ1n) is 13.3. The summed E-state index contributed by atoms with van der Waals surface area (Å²) in [5.74, 6) is 0.211. The van der Waals surface area contributed by atoms with Gasteiger partial charge in [-0.2, -0.15) is 0 Å². The summed E-state index contributed by atoms with van der Waals surface area (Å²) in [7, 11) is 0. The fraction of sp³-hybridized carbons (Fsp3) is 0.414. The van der Waals surface area contributed by atoms with Crippen molar-refractivity contribution in [1.82, 2.24) is 19.9 Å². The highest BCUT2D eigenvalue weighted by Gasteiger charge is 2.18. The first-order chi connectivity index (χ1) is 17.7. The molecular formula is C29H35N5OS. The predicted octanol–water partition coefficient (Wildman–Crippen LogP) is 7.67. The number of nitrogens with zero attached hydrogens (tertiary/aromatic N) is 3. The number of fused-ring (bicyclic) bond motifs is 2. The number of amides is 1. The summed E-state index contributed by atoms with van der Waals surface area (Å²) >= 11 is 1.64. The molecule has 1 saturated carbocycles. The Kier molecular flexibility index (Phi) is 7.96. The number of carbonyl (C=O) groups is 1. The van der Waals surface area contributed by atoms with Crippen LogP contribution in [0.15, 0.2) is 48.1 Å². The van der Waals surface area contributed by atoms with Crippen molar-refractivity contribution in [3.8, 4) is 0 Å². The van der Waals surface area contributed by atoms with E-state index in [0.29, 0.717) is 13.0 Å². The molecule has 3 aromatic heterocycles. The van der Waals surface area contributed by atoms with Crippen LogP contribution in [0.1, 0.15) is 70.4 Å². The van der Waals surface area contributed by atoms with Gasteiger partial charge in [-0.25, -0.2) is 9.97 Å². The maximum Gasteiger partial charge on any atom is 0.222 e. The Labute approximate surface area is 216 Å². The number of hydrogen-bond donors (Lipinski definition) is 2. The van der Waals surface area contributed by atoms with Crippen LogP contribution in [0, 0.1) is 0 Å². The highest BCUT2D eigenvalue weighted by atomic mass is 32.1. The molecule has 0 unspecified atom stereocenters. The molecule has 7 heteroatoms. The number of aromatic nitrogens is 3. The number of benzene rings is 1. The zero-order valence-electron chi connectivity index (χ0n) is 21.1. The van der Waals surface area contributed by atoms with Crippen LogP contribution in [0.5, 0.6) is 0 Å². The number of pyridine rings is 1. The van der Waals surface area contributed by atoms with Crippen molar-refractivity contribution < 1.29 is 4.79 Å². The summed E-state index contributed by atoms with van der Waals surface area (Å²) < 4.78 is 1.16. The van der Waals surface area contributed by atoms with Gasteiger partial charge in [0.2, 0.25) is 5.91 Å². The molecule has 1 aliphatic carbocycles. The van der Waals surface area contributed by atoms with Crippen molar-refractivity contribution in [3.63, 3.8) is 0 Å². The van der Waals surface area contributed by atoms with Gasteiger partial charge in [-0.15, -0.1) is 11.3 Å². The van der Waals surface area contributed by atoms with Crippen LogP contribution in [0.25, 0.3) is 26.8 Å². The third-order valence-corrected chi connectivity index (χ3v) is 7.89. The normalized spacial score (nSPS) is 16.2. The number of rotatable bonds is 4. The third kappa shape index (κ3) is 5.78. The second-order valence-electron chi connectivity index (χ2n) is 9.61. The minimum Gasteiger partial charge on any atom is -0.355 e. The Morgan fingerprint density at radius 1 is 1.06 bits per heavy atom. The standard InChI is InChI=1S/C22H21N5OS.C7H14/c1-2-21(28)27-9-6-14(7-10-27)19-12-16-17(5-8-23-22(16)26-19)25-15-3-4-18-20(11-15)29-13-24-18;1-2-4-6-7-5-3-1/h3-6,8,11-13H,2,7,9-10H2,1H3,(H2,23,25,26);1-7H2. The minimum atomic E-state index is 0.211. The average Bonchev–Trinajstić information content (AvgIpc) is 3.46. The van der Waals surface area contributed by atoms with Gasteiger partial charge in [0, 0.05) is 42.5 Å². The molecule has 1 fully saturated rings. The molecule has 188 valence electrons. The van der Waals surface area contributed by atoms with Gasteiger partial charge in [-0.1, -0.05) is 57.9 Å². The zero-order chi connectivity index (χ0) is 24.7. The van der Waals surface area contributed by atoms with Gasteiger partial charge in [0.1, 0.15) is 5.65 Å². The molecule has 1 aromatic carbocycles. The minimum absolute atomic E-state index is 0.211. The predicted molar refractivity (Wildman–Crippen MR) is 151 cm³/mol. The van der Waals surface area contributed by atoms with Crippen LogP contribution in [0.3, 0.4) is 0 Å². The SMILES string of the molecule is C1CCCCCC1.CCC(=O)N1CC=C(c2cc3c(Nc4ccc5ncsc5c4)ccnc3[nH]2)CC1. The molecule has 36 heavy (non-hydrogen) atoms. The first-order valence-corrected chi connectivity index (χ1v) is 14.1. The van der Waals surface area contributed by atoms with E-state index in [9.17, 15) is 4.79 Å². The highest BCUT2D eigenvalue weighted by Crippen LogP contribution is 2.31. The molecule has 1 amide bonds. The van der Waals surface area contributed by atoms with E-state index in [4.69, 9.17) is 0 Å². The molecule has 0 spiro atoms. The lowest BCUT2D eigenvalue weighted by atomic mass is 10.0. The fourth-order valence-corrected chi connectivity index (χ4v) is 5.71. The van der Waals surface area contributed by atoms with Crippen molar-refractivity contribution in [1.29, 1.82) is 0 Å². The smallest absolute Gasteiger partial charge is 0.222 e. The van der Waals surface area contributed by atoms with Crippen molar-refractivity contribution in [3.05, 3.63) is 53.8 Å². The van der Waals surface area contributed by atoms with Gasteiger partial charge in [0.05, 0.1) is 21.4 Å². The summed E-state index contributed by atoms with van der Waals surface area (Å²) in [5.41, 5.74) is 8.09. The maximum atomic E-state index is 11.9. The first kappa shape index (κ1) is 24.5. The molecular weight excluding hydrogens is 466 g/mol. The van der Waals surface area contributed by atoms with Crippen LogP contribution in [-0.2, 0) is 4.79 Å². The largest absolute Gasteiger partial charge is 0.355 e. The number of thiazole rings is 1. The molecule has 0 saturated heterocycles. The van der Waals surface area contributed by atoms with Crippen molar-refractivity contribution in [2.24, 2.45) is 0 Å². The fourth-order valence-electron chi connectivity index (χ4n) is 5.00. The zero-order valence-corrected chi connectivity index (χ0v) is 21.9. The second kappa shape index (κ2) is 11.7. The highest BCUT2D eigenvalue weighted by molar-refractivity contribution is 7.16. The van der Waals surface area contributed by atoms with Crippen LogP contribution < -0.4 is 5.32 Å². The van der Waals surface area contributed by atoms with Gasteiger partial charge in [0.15, 0.2) is 0 Å². The molecule has 6 rings (SSSR count). The molecule has 0 radical (unpaired) electrons. The van der Waals surface area contributed by atoms with Crippen molar-refractivity contribution >= 4 is 55.4 Å². The number of nitrogens with one attached hydrogen (secondary N) is 2. The lowest BCUT2D eigenvalue weighted by Crippen LogP contribution is -2.34. The summed E-state index contributed by atoms with van der Waals surface area (Å²) in [5, 5.41) is 4.58. The number of aromatic amines is 1. The molecule has 4 aromatic rings.